The molecule has 0 bridgehead atoms. The van der Waals surface area contributed by atoms with Crippen molar-refractivity contribution in [2.24, 2.45) is 5.92 Å². The molecule has 3 rings (SSSR count). The van der Waals surface area contributed by atoms with Gasteiger partial charge in [-0.3, -0.25) is 14.4 Å². The minimum absolute atomic E-state index is 0.0363. The van der Waals surface area contributed by atoms with Gasteiger partial charge < -0.3 is 15.4 Å². The van der Waals surface area contributed by atoms with E-state index in [4.69, 9.17) is 4.74 Å². The normalized spacial score (nSPS) is 23.3. The molecule has 0 radical (unpaired) electrons. The molecule has 35 heavy (non-hydrogen) atoms. The van der Waals surface area contributed by atoms with E-state index in [1.807, 2.05) is 44.2 Å². The lowest BCUT2D eigenvalue weighted by atomic mass is 9.93. The summed E-state index contributed by atoms with van der Waals surface area (Å²) < 4.78 is 28.5. The zero-order chi connectivity index (χ0) is 25.6. The molecule has 2 heterocycles. The van der Waals surface area contributed by atoms with Gasteiger partial charge in [-0.15, -0.1) is 0 Å². The third-order valence-corrected chi connectivity index (χ3v) is 7.79. The number of nitrogens with one attached hydrogen (secondary N) is 3. The summed E-state index contributed by atoms with van der Waals surface area (Å²) in [6, 6.07) is 7.72. The molecule has 2 amide bonds. The molecule has 194 valence electrons. The summed E-state index contributed by atoms with van der Waals surface area (Å²) in [6.45, 7) is 6.50. The fourth-order valence-corrected chi connectivity index (χ4v) is 5.15. The van der Waals surface area contributed by atoms with Gasteiger partial charge in [0.25, 0.3) is 0 Å². The van der Waals surface area contributed by atoms with Crippen LogP contribution in [0.1, 0.15) is 32.8 Å². The van der Waals surface area contributed by atoms with Crippen LogP contribution in [0.2, 0.25) is 0 Å². The highest BCUT2D eigenvalue weighted by Gasteiger charge is 2.50. The van der Waals surface area contributed by atoms with Gasteiger partial charge in [0, 0.05) is 19.5 Å². The van der Waals surface area contributed by atoms with E-state index in [-0.39, 0.29) is 36.2 Å². The van der Waals surface area contributed by atoms with E-state index in [1.54, 1.807) is 11.9 Å². The third kappa shape index (κ3) is 8.38. The SMILES string of the molecule is CC(C)C[C@H](NC(=O)[C@H](Cc1ccccc1)NC(=O)CNN1CCS(=O)(=O)CC1)C(=O)[C@@]1(C)CO1. The van der Waals surface area contributed by atoms with Crippen LogP contribution in [0.15, 0.2) is 30.3 Å². The van der Waals surface area contributed by atoms with Crippen molar-refractivity contribution in [1.82, 2.24) is 21.1 Å². The fourth-order valence-electron chi connectivity index (χ4n) is 3.95. The molecule has 3 atom stereocenters. The molecule has 0 unspecified atom stereocenters. The lowest BCUT2D eigenvalue weighted by molar-refractivity contribution is -0.133. The van der Waals surface area contributed by atoms with Crippen LogP contribution in [0, 0.1) is 5.92 Å². The Balaban J connectivity index is 1.64. The summed E-state index contributed by atoms with van der Waals surface area (Å²) in [5.74, 6) is -0.756. The largest absolute Gasteiger partial charge is 0.361 e. The van der Waals surface area contributed by atoms with Gasteiger partial charge in [-0.25, -0.2) is 18.9 Å². The van der Waals surface area contributed by atoms with Crippen molar-refractivity contribution in [3.05, 3.63) is 35.9 Å². The topological polar surface area (TPSA) is 137 Å². The first kappa shape index (κ1) is 27.3. The first-order valence-corrected chi connectivity index (χ1v) is 13.8. The quantitative estimate of drug-likeness (QED) is 0.331. The standard InChI is InChI=1S/C24H36N4O6S/c1-17(2)13-19(22(30)24(3)16-34-24)27-23(31)20(14-18-7-5-4-6-8-18)26-21(29)15-25-28-9-11-35(32,33)12-10-28/h4-8,17,19-20,25H,9-16H2,1-3H3,(H,26,29)(H,27,31)/t19-,20-,24+/m0/s1. The zero-order valence-electron chi connectivity index (χ0n) is 20.6. The molecule has 0 saturated carbocycles. The number of ketones is 1. The molecule has 11 heteroatoms. The predicted octanol–water partition coefficient (Wildman–Crippen LogP) is -0.162. The molecular formula is C24H36N4O6S. The van der Waals surface area contributed by atoms with Gasteiger partial charge in [0.1, 0.15) is 11.6 Å². The highest BCUT2D eigenvalue weighted by atomic mass is 32.2. The van der Waals surface area contributed by atoms with Crippen LogP contribution in [0.4, 0.5) is 0 Å². The number of nitrogens with zero attached hydrogens (tertiary/aromatic N) is 1. The zero-order valence-corrected chi connectivity index (χ0v) is 21.4. The Morgan fingerprint density at radius 1 is 1.06 bits per heavy atom. The van der Waals surface area contributed by atoms with Gasteiger partial charge in [0.2, 0.25) is 11.8 Å². The minimum atomic E-state index is -3.02. The number of ether oxygens (including phenoxy) is 1. The van der Waals surface area contributed by atoms with E-state index in [1.165, 1.54) is 0 Å². The second kappa shape index (κ2) is 11.6. The van der Waals surface area contributed by atoms with Gasteiger partial charge in [-0.1, -0.05) is 44.2 Å². The van der Waals surface area contributed by atoms with Crippen molar-refractivity contribution in [3.8, 4) is 0 Å². The van der Waals surface area contributed by atoms with Crippen molar-refractivity contribution in [2.45, 2.75) is 51.3 Å². The second-order valence-electron chi connectivity index (χ2n) is 9.86. The van der Waals surface area contributed by atoms with Crippen LogP contribution in [0.5, 0.6) is 0 Å². The molecular weight excluding hydrogens is 472 g/mol. The molecule has 2 fully saturated rings. The van der Waals surface area contributed by atoms with E-state index < -0.39 is 39.3 Å². The van der Waals surface area contributed by atoms with Crippen molar-refractivity contribution in [2.75, 3.05) is 37.7 Å². The maximum absolute atomic E-state index is 13.3. The van der Waals surface area contributed by atoms with Crippen molar-refractivity contribution in [1.29, 1.82) is 0 Å². The molecule has 3 N–H and O–H groups in total. The number of carbonyl (C=O) groups excluding carboxylic acids is 3. The lowest BCUT2D eigenvalue weighted by Crippen LogP contribution is -2.56. The number of rotatable bonds is 12. The summed E-state index contributed by atoms with van der Waals surface area (Å²) in [5.41, 5.74) is 2.94. The highest BCUT2D eigenvalue weighted by molar-refractivity contribution is 7.91. The predicted molar refractivity (Wildman–Crippen MR) is 131 cm³/mol. The smallest absolute Gasteiger partial charge is 0.243 e. The maximum atomic E-state index is 13.3. The third-order valence-electron chi connectivity index (χ3n) is 6.18. The van der Waals surface area contributed by atoms with Gasteiger partial charge in [-0.2, -0.15) is 0 Å². The van der Waals surface area contributed by atoms with Crippen LogP contribution in [-0.4, -0.2) is 86.5 Å². The second-order valence-corrected chi connectivity index (χ2v) is 12.2. The van der Waals surface area contributed by atoms with Gasteiger partial charge in [0.15, 0.2) is 15.6 Å². The van der Waals surface area contributed by atoms with Crippen LogP contribution >= 0.6 is 0 Å². The van der Waals surface area contributed by atoms with Crippen molar-refractivity contribution in [3.63, 3.8) is 0 Å². The number of hydrogen-bond donors (Lipinski definition) is 3. The molecule has 1 aromatic rings. The summed E-state index contributed by atoms with van der Waals surface area (Å²) in [4.78, 5) is 38.9. The number of benzene rings is 1. The number of amides is 2. The molecule has 2 aliphatic heterocycles. The van der Waals surface area contributed by atoms with E-state index in [9.17, 15) is 22.8 Å². The first-order chi connectivity index (χ1) is 16.5. The number of Topliss-reactive ketones (excluding diaryl/α,β-unsaturated/α-hetero) is 1. The summed E-state index contributed by atoms with van der Waals surface area (Å²) in [6.07, 6.45) is 0.728. The lowest BCUT2D eigenvalue weighted by Gasteiger charge is -2.28. The van der Waals surface area contributed by atoms with E-state index in [0.717, 1.165) is 5.56 Å². The van der Waals surface area contributed by atoms with E-state index >= 15 is 0 Å². The molecule has 2 aliphatic rings. The van der Waals surface area contributed by atoms with Crippen molar-refractivity contribution < 1.29 is 27.5 Å². The number of hydrogen-bond acceptors (Lipinski definition) is 8. The number of carbonyl (C=O) groups is 3. The average molecular weight is 509 g/mol. The first-order valence-electron chi connectivity index (χ1n) is 12.0. The molecule has 0 aliphatic carbocycles. The minimum Gasteiger partial charge on any atom is -0.361 e. The molecule has 2 saturated heterocycles. The average Bonchev–Trinajstić information content (AvgIpc) is 3.55. The summed E-state index contributed by atoms with van der Waals surface area (Å²) >= 11 is 0. The Labute approximate surface area is 207 Å². The fraction of sp³-hybridized carbons (Fsp3) is 0.625. The van der Waals surface area contributed by atoms with Crippen LogP contribution < -0.4 is 16.1 Å². The Morgan fingerprint density at radius 3 is 2.26 bits per heavy atom. The number of epoxide rings is 1. The summed E-state index contributed by atoms with van der Waals surface area (Å²) in [5, 5.41) is 7.32. The Bertz CT molecular complexity index is 996. The Morgan fingerprint density at radius 2 is 1.69 bits per heavy atom. The van der Waals surface area contributed by atoms with Gasteiger partial charge in [0.05, 0.1) is 30.7 Å². The molecule has 1 aromatic carbocycles. The Hall–Kier alpha value is -2.34. The highest BCUT2D eigenvalue weighted by Crippen LogP contribution is 2.29. The number of hydrazine groups is 1. The summed E-state index contributed by atoms with van der Waals surface area (Å²) in [7, 11) is -3.02. The Kier molecular flexibility index (Phi) is 9.03. The number of sulfone groups is 1. The molecule has 0 spiro atoms. The molecule has 0 aromatic heterocycles. The molecule has 10 nitrogen and oxygen atoms in total. The van der Waals surface area contributed by atoms with Gasteiger partial charge in [-0.05, 0) is 24.8 Å². The van der Waals surface area contributed by atoms with Crippen molar-refractivity contribution >= 4 is 27.4 Å². The van der Waals surface area contributed by atoms with E-state index in [2.05, 4.69) is 16.1 Å². The van der Waals surface area contributed by atoms with Crippen LogP contribution in [0.25, 0.3) is 0 Å². The van der Waals surface area contributed by atoms with E-state index in [0.29, 0.717) is 26.1 Å². The van der Waals surface area contributed by atoms with Crippen LogP contribution in [0.3, 0.4) is 0 Å². The monoisotopic (exact) mass is 508 g/mol. The van der Waals surface area contributed by atoms with Gasteiger partial charge >= 0.3 is 0 Å². The van der Waals surface area contributed by atoms with Crippen LogP contribution in [-0.2, 0) is 35.4 Å². The maximum Gasteiger partial charge on any atom is 0.243 e.